The summed E-state index contributed by atoms with van der Waals surface area (Å²) in [6.45, 7) is 2.18. The van der Waals surface area contributed by atoms with Gasteiger partial charge in [-0.15, -0.1) is 0 Å². The summed E-state index contributed by atoms with van der Waals surface area (Å²) in [6.07, 6.45) is 5.50. The van der Waals surface area contributed by atoms with Gasteiger partial charge in [-0.2, -0.15) is 0 Å². The largest absolute Gasteiger partial charge is 0.372 e. The first-order valence-electron chi connectivity index (χ1n) is 9.10. The van der Waals surface area contributed by atoms with Crippen LogP contribution in [-0.4, -0.2) is 24.1 Å². The van der Waals surface area contributed by atoms with Crippen LogP contribution >= 0.6 is 12.2 Å². The van der Waals surface area contributed by atoms with E-state index in [1.807, 2.05) is 12.1 Å². The second-order valence-electron chi connectivity index (χ2n) is 6.72. The first-order chi connectivity index (χ1) is 13.1. The smallest absolute Gasteiger partial charge is 0.281 e. The number of amides is 1. The molecule has 2 heterocycles. The highest BCUT2D eigenvalue weighted by Gasteiger charge is 2.33. The lowest BCUT2D eigenvalue weighted by Gasteiger charge is -2.28. The van der Waals surface area contributed by atoms with Gasteiger partial charge in [0.25, 0.3) is 5.91 Å². The number of halogens is 1. The molecule has 0 spiro atoms. The van der Waals surface area contributed by atoms with Crippen LogP contribution in [0.4, 0.5) is 15.8 Å². The average molecular weight is 381 g/mol. The molecule has 1 N–H and O–H groups in total. The van der Waals surface area contributed by atoms with Gasteiger partial charge in [0.1, 0.15) is 11.5 Å². The van der Waals surface area contributed by atoms with Crippen LogP contribution in [0.25, 0.3) is 6.08 Å². The quantitative estimate of drug-likeness (QED) is 0.642. The zero-order valence-corrected chi connectivity index (χ0v) is 15.6. The van der Waals surface area contributed by atoms with E-state index < -0.39 is 5.82 Å². The number of rotatable bonds is 3. The van der Waals surface area contributed by atoms with Gasteiger partial charge >= 0.3 is 0 Å². The van der Waals surface area contributed by atoms with Crippen molar-refractivity contribution in [1.29, 1.82) is 0 Å². The topological polar surface area (TPSA) is 35.6 Å². The van der Waals surface area contributed by atoms with E-state index in [1.54, 1.807) is 18.2 Å². The number of benzene rings is 2. The van der Waals surface area contributed by atoms with Crippen molar-refractivity contribution < 1.29 is 9.18 Å². The van der Waals surface area contributed by atoms with Gasteiger partial charge in [0.15, 0.2) is 5.11 Å². The van der Waals surface area contributed by atoms with E-state index in [1.165, 1.54) is 42.0 Å². The third-order valence-corrected chi connectivity index (χ3v) is 5.18. The minimum Gasteiger partial charge on any atom is -0.372 e. The van der Waals surface area contributed by atoms with Crippen molar-refractivity contribution in [2.24, 2.45) is 0 Å². The van der Waals surface area contributed by atoms with Crippen LogP contribution in [-0.2, 0) is 4.79 Å². The van der Waals surface area contributed by atoms with E-state index in [2.05, 4.69) is 22.3 Å². The molecule has 2 fully saturated rings. The van der Waals surface area contributed by atoms with Crippen LogP contribution in [0.15, 0.2) is 54.2 Å². The standard InChI is InChI=1S/C21H20FN3OS/c22-17-6-2-3-7-19(17)25-20(26)18(23-21(25)27)14-15-8-10-16(11-9-15)24-12-4-1-5-13-24/h2-3,6-11,14H,1,4-5,12-13H2,(H,23,27)/b18-14+. The number of thiocarbonyl (C=S) groups is 1. The van der Waals surface area contributed by atoms with Crippen LogP contribution in [0.2, 0.25) is 0 Å². The number of carbonyl (C=O) groups excluding carboxylic acids is 1. The Morgan fingerprint density at radius 1 is 1.00 bits per heavy atom. The minimum atomic E-state index is -0.484. The normalized spacial score (nSPS) is 18.9. The van der Waals surface area contributed by atoms with Gasteiger partial charge in [0.05, 0.1) is 5.69 Å². The molecule has 4 rings (SSSR count). The van der Waals surface area contributed by atoms with Gasteiger partial charge in [0, 0.05) is 18.8 Å². The number of piperidine rings is 1. The predicted molar refractivity (Wildman–Crippen MR) is 110 cm³/mol. The first-order valence-corrected chi connectivity index (χ1v) is 9.51. The highest BCUT2D eigenvalue weighted by molar-refractivity contribution is 7.80. The molecule has 2 aromatic rings. The van der Waals surface area contributed by atoms with Gasteiger partial charge in [0.2, 0.25) is 0 Å². The molecule has 2 aliphatic heterocycles. The molecular weight excluding hydrogens is 361 g/mol. The first kappa shape index (κ1) is 17.7. The van der Waals surface area contributed by atoms with E-state index in [9.17, 15) is 9.18 Å². The second kappa shape index (κ2) is 7.48. The molecule has 138 valence electrons. The van der Waals surface area contributed by atoms with E-state index in [-0.39, 0.29) is 16.7 Å². The van der Waals surface area contributed by atoms with Crippen molar-refractivity contribution in [1.82, 2.24) is 5.32 Å². The molecule has 2 saturated heterocycles. The summed E-state index contributed by atoms with van der Waals surface area (Å²) in [5.74, 6) is -0.840. The molecule has 0 saturated carbocycles. The molecule has 0 atom stereocenters. The van der Waals surface area contributed by atoms with Crippen molar-refractivity contribution >= 4 is 40.7 Å². The summed E-state index contributed by atoms with van der Waals surface area (Å²) in [5.41, 5.74) is 2.59. The van der Waals surface area contributed by atoms with Crippen LogP contribution < -0.4 is 15.1 Å². The van der Waals surface area contributed by atoms with Gasteiger partial charge in [-0.1, -0.05) is 24.3 Å². The fourth-order valence-electron chi connectivity index (χ4n) is 3.49. The van der Waals surface area contributed by atoms with Crippen LogP contribution in [0.1, 0.15) is 24.8 Å². The SMILES string of the molecule is O=C1/C(=C\c2ccc(N3CCCCC3)cc2)NC(=S)N1c1ccccc1F. The molecule has 2 aliphatic rings. The Hall–Kier alpha value is -2.73. The van der Waals surface area contributed by atoms with Crippen LogP contribution in [0, 0.1) is 5.82 Å². The number of nitrogens with zero attached hydrogens (tertiary/aromatic N) is 2. The van der Waals surface area contributed by atoms with Crippen LogP contribution in [0.3, 0.4) is 0 Å². The Bertz CT molecular complexity index is 904. The van der Waals surface area contributed by atoms with E-state index >= 15 is 0 Å². The third-order valence-electron chi connectivity index (χ3n) is 4.90. The minimum absolute atomic E-state index is 0.156. The summed E-state index contributed by atoms with van der Waals surface area (Å²) in [7, 11) is 0. The fourth-order valence-corrected chi connectivity index (χ4v) is 3.78. The predicted octanol–water partition coefficient (Wildman–Crippen LogP) is 4.08. The maximum absolute atomic E-state index is 14.1. The Labute approximate surface area is 163 Å². The van der Waals surface area contributed by atoms with Crippen molar-refractivity contribution in [2.45, 2.75) is 19.3 Å². The number of hydrogen-bond donors (Lipinski definition) is 1. The Kier molecular flexibility index (Phi) is 4.90. The Balaban J connectivity index is 1.55. The molecule has 0 aliphatic carbocycles. The number of anilines is 2. The second-order valence-corrected chi connectivity index (χ2v) is 7.11. The summed E-state index contributed by atoms with van der Waals surface area (Å²) in [5, 5.41) is 3.08. The van der Waals surface area contributed by atoms with Crippen LogP contribution in [0.5, 0.6) is 0 Å². The zero-order chi connectivity index (χ0) is 18.8. The maximum Gasteiger partial charge on any atom is 0.281 e. The van der Waals surface area contributed by atoms with Gasteiger partial charge in [-0.3, -0.25) is 4.79 Å². The highest BCUT2D eigenvalue weighted by Crippen LogP contribution is 2.26. The average Bonchev–Trinajstić information content (AvgIpc) is 2.97. The van der Waals surface area contributed by atoms with E-state index in [4.69, 9.17) is 12.2 Å². The van der Waals surface area contributed by atoms with E-state index in [0.717, 1.165) is 18.7 Å². The number of para-hydroxylation sites is 1. The maximum atomic E-state index is 14.1. The summed E-state index contributed by atoms with van der Waals surface area (Å²) >= 11 is 5.24. The molecule has 0 unspecified atom stereocenters. The lowest BCUT2D eigenvalue weighted by molar-refractivity contribution is -0.113. The summed E-state index contributed by atoms with van der Waals surface area (Å²) in [4.78, 5) is 16.3. The van der Waals surface area contributed by atoms with Crippen molar-refractivity contribution in [3.05, 3.63) is 65.6 Å². The molecule has 0 aromatic heterocycles. The molecule has 6 heteroatoms. The van der Waals surface area contributed by atoms with Crippen molar-refractivity contribution in [2.75, 3.05) is 22.9 Å². The molecule has 27 heavy (non-hydrogen) atoms. The molecular formula is C21H20FN3OS. The van der Waals surface area contributed by atoms with Crippen molar-refractivity contribution in [3.8, 4) is 0 Å². The Morgan fingerprint density at radius 3 is 2.41 bits per heavy atom. The number of nitrogens with one attached hydrogen (secondary N) is 1. The third kappa shape index (κ3) is 3.57. The summed E-state index contributed by atoms with van der Waals surface area (Å²) < 4.78 is 14.1. The van der Waals surface area contributed by atoms with Gasteiger partial charge < -0.3 is 10.2 Å². The molecule has 0 bridgehead atoms. The molecule has 2 aromatic carbocycles. The zero-order valence-electron chi connectivity index (χ0n) is 14.8. The van der Waals surface area contributed by atoms with Crippen molar-refractivity contribution in [3.63, 3.8) is 0 Å². The lowest BCUT2D eigenvalue weighted by atomic mass is 10.1. The number of hydrogen-bond acceptors (Lipinski definition) is 3. The Morgan fingerprint density at radius 2 is 1.70 bits per heavy atom. The fraction of sp³-hybridized carbons (Fsp3) is 0.238. The molecule has 4 nitrogen and oxygen atoms in total. The molecule has 1 amide bonds. The van der Waals surface area contributed by atoms with E-state index in [0.29, 0.717) is 5.70 Å². The van der Waals surface area contributed by atoms with Gasteiger partial charge in [-0.05, 0) is 67.4 Å². The summed E-state index contributed by atoms with van der Waals surface area (Å²) in [6, 6.07) is 14.2. The monoisotopic (exact) mass is 381 g/mol. The number of carbonyl (C=O) groups is 1. The lowest BCUT2D eigenvalue weighted by Crippen LogP contribution is -2.31. The van der Waals surface area contributed by atoms with Gasteiger partial charge in [-0.25, -0.2) is 9.29 Å². The molecule has 0 radical (unpaired) electrons. The highest BCUT2D eigenvalue weighted by atomic mass is 32.1.